The number of nitrogens with zero attached hydrogens (tertiary/aromatic N) is 1. The number of nitrogens with one attached hydrogen (secondary N) is 1. The van der Waals surface area contributed by atoms with Gasteiger partial charge in [0.25, 0.3) is 0 Å². The number of rotatable bonds is 4. The maximum Gasteiger partial charge on any atom is 0.0971 e. The lowest BCUT2D eigenvalue weighted by atomic mass is 9.94. The van der Waals surface area contributed by atoms with Crippen LogP contribution < -0.4 is 5.32 Å². The molecule has 2 saturated heterocycles. The molecule has 0 spiro atoms. The molecule has 0 bridgehead atoms. The molecule has 0 amide bonds. The highest BCUT2D eigenvalue weighted by Crippen LogP contribution is 2.20. The van der Waals surface area contributed by atoms with E-state index in [0.29, 0.717) is 6.04 Å². The maximum atomic E-state index is 5.47. The van der Waals surface area contributed by atoms with Crippen LogP contribution in [-0.2, 0) is 9.47 Å². The fourth-order valence-electron chi connectivity index (χ4n) is 3.09. The lowest BCUT2D eigenvalue weighted by Crippen LogP contribution is -2.45. The Balaban J connectivity index is 1.80. The van der Waals surface area contributed by atoms with Crippen LogP contribution in [0.1, 0.15) is 19.8 Å². The molecule has 2 aliphatic heterocycles. The van der Waals surface area contributed by atoms with E-state index in [4.69, 9.17) is 9.47 Å². The van der Waals surface area contributed by atoms with E-state index in [1.165, 1.54) is 19.4 Å². The molecule has 17 heavy (non-hydrogen) atoms. The Bertz CT molecular complexity index is 225. The molecule has 100 valence electrons. The fraction of sp³-hybridized carbons (Fsp3) is 1.00. The predicted molar refractivity (Wildman–Crippen MR) is 68.2 cm³/mol. The second-order valence-corrected chi connectivity index (χ2v) is 5.55. The average molecular weight is 242 g/mol. The van der Waals surface area contributed by atoms with Crippen molar-refractivity contribution >= 4 is 0 Å². The molecular weight excluding hydrogens is 216 g/mol. The van der Waals surface area contributed by atoms with Gasteiger partial charge in [-0.1, -0.05) is 6.92 Å². The van der Waals surface area contributed by atoms with Gasteiger partial charge in [-0.3, -0.25) is 4.90 Å². The number of hydrogen-bond acceptors (Lipinski definition) is 4. The summed E-state index contributed by atoms with van der Waals surface area (Å²) in [5, 5.41) is 3.62. The third kappa shape index (κ3) is 3.41. The van der Waals surface area contributed by atoms with Crippen molar-refractivity contribution in [3.63, 3.8) is 0 Å². The van der Waals surface area contributed by atoms with Gasteiger partial charge in [0.15, 0.2) is 0 Å². The van der Waals surface area contributed by atoms with Crippen LogP contribution in [0.4, 0.5) is 0 Å². The predicted octanol–water partition coefficient (Wildman–Crippen LogP) is 0.720. The van der Waals surface area contributed by atoms with E-state index in [1.54, 1.807) is 14.2 Å². The van der Waals surface area contributed by atoms with E-state index >= 15 is 0 Å². The third-order valence-corrected chi connectivity index (χ3v) is 4.13. The highest BCUT2D eigenvalue weighted by Gasteiger charge is 2.34. The summed E-state index contributed by atoms with van der Waals surface area (Å²) < 4.78 is 10.9. The first-order valence-electron chi connectivity index (χ1n) is 6.74. The van der Waals surface area contributed by atoms with Crippen LogP contribution >= 0.6 is 0 Å². The van der Waals surface area contributed by atoms with E-state index in [-0.39, 0.29) is 12.2 Å². The normalized spacial score (nSPS) is 39.7. The molecule has 4 atom stereocenters. The number of methoxy groups -OCH3 is 2. The Hall–Kier alpha value is -0.160. The van der Waals surface area contributed by atoms with Crippen molar-refractivity contribution in [2.45, 2.75) is 38.0 Å². The van der Waals surface area contributed by atoms with Crippen molar-refractivity contribution < 1.29 is 9.47 Å². The quantitative estimate of drug-likeness (QED) is 0.787. The fourth-order valence-corrected chi connectivity index (χ4v) is 3.09. The van der Waals surface area contributed by atoms with E-state index < -0.39 is 0 Å². The van der Waals surface area contributed by atoms with Crippen molar-refractivity contribution in [2.75, 3.05) is 40.4 Å². The minimum atomic E-state index is 0.237. The second-order valence-electron chi connectivity index (χ2n) is 5.55. The molecule has 4 nitrogen and oxygen atoms in total. The van der Waals surface area contributed by atoms with Gasteiger partial charge in [0, 0.05) is 39.9 Å². The first-order valence-corrected chi connectivity index (χ1v) is 6.74. The summed E-state index contributed by atoms with van der Waals surface area (Å²) >= 11 is 0. The van der Waals surface area contributed by atoms with Crippen molar-refractivity contribution in [3.8, 4) is 0 Å². The maximum absolute atomic E-state index is 5.47. The first kappa shape index (κ1) is 13.3. The molecule has 1 N–H and O–H groups in total. The number of piperidine rings is 1. The smallest absolute Gasteiger partial charge is 0.0971 e. The highest BCUT2D eigenvalue weighted by atomic mass is 16.5. The summed E-state index contributed by atoms with van der Waals surface area (Å²) in [7, 11) is 3.56. The Morgan fingerprint density at radius 1 is 1.18 bits per heavy atom. The monoisotopic (exact) mass is 242 g/mol. The molecule has 0 aromatic heterocycles. The molecule has 4 unspecified atom stereocenters. The summed E-state index contributed by atoms with van der Waals surface area (Å²) in [6.45, 7) is 6.65. The van der Waals surface area contributed by atoms with Crippen molar-refractivity contribution in [2.24, 2.45) is 5.92 Å². The molecule has 4 heteroatoms. The lowest BCUT2D eigenvalue weighted by Gasteiger charge is -2.31. The van der Waals surface area contributed by atoms with Gasteiger partial charge in [0.05, 0.1) is 12.2 Å². The van der Waals surface area contributed by atoms with E-state index in [0.717, 1.165) is 25.6 Å². The summed E-state index contributed by atoms with van der Waals surface area (Å²) in [5.74, 6) is 0.861. The number of likely N-dealkylation sites (tertiary alicyclic amines) is 1. The SMILES string of the molecule is COC1CN(CC2CC(C)CCN2)CC1OC. The van der Waals surface area contributed by atoms with Gasteiger partial charge in [-0.2, -0.15) is 0 Å². The lowest BCUT2D eigenvalue weighted by molar-refractivity contribution is -0.00461. The Morgan fingerprint density at radius 3 is 2.35 bits per heavy atom. The number of ether oxygens (including phenoxy) is 2. The molecular formula is C13H26N2O2. The Labute approximate surface area is 105 Å². The molecule has 2 fully saturated rings. The summed E-state index contributed by atoms with van der Waals surface area (Å²) in [5.41, 5.74) is 0. The van der Waals surface area contributed by atoms with Crippen molar-refractivity contribution in [1.29, 1.82) is 0 Å². The van der Waals surface area contributed by atoms with Gasteiger partial charge in [0.1, 0.15) is 0 Å². The summed E-state index contributed by atoms with van der Waals surface area (Å²) in [4.78, 5) is 2.47. The van der Waals surface area contributed by atoms with Gasteiger partial charge >= 0.3 is 0 Å². The van der Waals surface area contributed by atoms with Crippen LogP contribution in [0.5, 0.6) is 0 Å². The topological polar surface area (TPSA) is 33.7 Å². The van der Waals surface area contributed by atoms with E-state index in [1.807, 2.05) is 0 Å². The number of hydrogen-bond donors (Lipinski definition) is 1. The molecule has 2 rings (SSSR count). The molecule has 2 heterocycles. The van der Waals surface area contributed by atoms with Gasteiger partial charge in [-0.25, -0.2) is 0 Å². The molecule has 0 saturated carbocycles. The minimum Gasteiger partial charge on any atom is -0.377 e. The molecule has 2 aliphatic rings. The van der Waals surface area contributed by atoms with Crippen LogP contribution in [0.15, 0.2) is 0 Å². The largest absolute Gasteiger partial charge is 0.377 e. The first-order chi connectivity index (χ1) is 8.22. The third-order valence-electron chi connectivity index (χ3n) is 4.13. The Kier molecular flexibility index (Phi) is 4.79. The van der Waals surface area contributed by atoms with Gasteiger partial charge in [-0.15, -0.1) is 0 Å². The standard InChI is InChI=1S/C13H26N2O2/c1-10-4-5-14-11(6-10)7-15-8-12(16-2)13(9-15)17-3/h10-14H,4-9H2,1-3H3. The molecule has 0 aromatic carbocycles. The van der Waals surface area contributed by atoms with Crippen LogP contribution in [0.2, 0.25) is 0 Å². The van der Waals surface area contributed by atoms with E-state index in [2.05, 4.69) is 17.1 Å². The van der Waals surface area contributed by atoms with Crippen LogP contribution in [-0.4, -0.2) is 63.5 Å². The van der Waals surface area contributed by atoms with E-state index in [9.17, 15) is 0 Å². The second kappa shape index (κ2) is 6.14. The molecule has 0 aliphatic carbocycles. The summed E-state index contributed by atoms with van der Waals surface area (Å²) in [6, 6.07) is 0.645. The van der Waals surface area contributed by atoms with Gasteiger partial charge in [-0.05, 0) is 25.3 Å². The molecule has 0 radical (unpaired) electrons. The Morgan fingerprint density at radius 2 is 1.82 bits per heavy atom. The van der Waals surface area contributed by atoms with Crippen LogP contribution in [0, 0.1) is 5.92 Å². The van der Waals surface area contributed by atoms with Gasteiger partial charge in [0.2, 0.25) is 0 Å². The summed E-state index contributed by atoms with van der Waals surface area (Å²) in [6.07, 6.45) is 3.09. The zero-order valence-electron chi connectivity index (χ0n) is 11.3. The van der Waals surface area contributed by atoms with Crippen molar-refractivity contribution in [1.82, 2.24) is 10.2 Å². The zero-order chi connectivity index (χ0) is 12.3. The molecule has 0 aromatic rings. The van der Waals surface area contributed by atoms with Crippen molar-refractivity contribution in [3.05, 3.63) is 0 Å². The van der Waals surface area contributed by atoms with Crippen LogP contribution in [0.3, 0.4) is 0 Å². The minimum absolute atomic E-state index is 0.237. The zero-order valence-corrected chi connectivity index (χ0v) is 11.3. The van der Waals surface area contributed by atoms with Gasteiger partial charge < -0.3 is 14.8 Å². The highest BCUT2D eigenvalue weighted by molar-refractivity contribution is 4.89. The van der Waals surface area contributed by atoms with Crippen LogP contribution in [0.25, 0.3) is 0 Å². The average Bonchev–Trinajstić information content (AvgIpc) is 2.71.